The molecule has 0 bridgehead atoms. The number of carbonyl (C=O) groups excluding carboxylic acids is 1. The minimum Gasteiger partial charge on any atom is -0.288 e. The number of carbonyl (C=O) groups is 1. The van der Waals surface area contributed by atoms with E-state index in [9.17, 15) is 18.0 Å². The molecule has 1 aromatic rings. The van der Waals surface area contributed by atoms with Crippen LogP contribution in [-0.2, 0) is 4.79 Å². The largest absolute Gasteiger partial charge is 0.451 e. The SMILES string of the molecule is N#CC(C(=O)C(F)(F)F)c1ccc(Cl)c(Cl)c1. The molecule has 0 aliphatic rings. The first-order chi connectivity index (χ1) is 7.77. The number of alkyl halides is 3. The van der Waals surface area contributed by atoms with Crippen LogP contribution in [0.15, 0.2) is 18.2 Å². The van der Waals surface area contributed by atoms with Crippen LogP contribution in [0.25, 0.3) is 0 Å². The van der Waals surface area contributed by atoms with Crippen LogP contribution >= 0.6 is 23.2 Å². The smallest absolute Gasteiger partial charge is 0.288 e. The minimum absolute atomic E-state index is 0.0145. The van der Waals surface area contributed by atoms with Crippen molar-refractivity contribution in [2.75, 3.05) is 0 Å². The minimum atomic E-state index is -5.06. The number of rotatable bonds is 2. The normalized spacial score (nSPS) is 12.9. The molecular formula is C10H4Cl2F3NO. The number of ketones is 1. The van der Waals surface area contributed by atoms with Crippen molar-refractivity contribution in [1.82, 2.24) is 0 Å². The summed E-state index contributed by atoms with van der Waals surface area (Å²) in [5, 5.41) is 8.74. The van der Waals surface area contributed by atoms with E-state index in [0.717, 1.165) is 12.1 Å². The van der Waals surface area contributed by atoms with E-state index >= 15 is 0 Å². The summed E-state index contributed by atoms with van der Waals surface area (Å²) in [5.74, 6) is -4.05. The maximum Gasteiger partial charge on any atom is 0.451 e. The van der Waals surface area contributed by atoms with Gasteiger partial charge in [-0.05, 0) is 17.7 Å². The molecule has 0 heterocycles. The Morgan fingerprint density at radius 1 is 1.29 bits per heavy atom. The van der Waals surface area contributed by atoms with E-state index in [4.69, 9.17) is 28.5 Å². The van der Waals surface area contributed by atoms with Gasteiger partial charge >= 0.3 is 6.18 Å². The van der Waals surface area contributed by atoms with Gasteiger partial charge in [-0.15, -0.1) is 0 Å². The number of halogens is 5. The van der Waals surface area contributed by atoms with Crippen LogP contribution in [0.4, 0.5) is 13.2 Å². The van der Waals surface area contributed by atoms with Gasteiger partial charge in [0.25, 0.3) is 5.78 Å². The van der Waals surface area contributed by atoms with Gasteiger partial charge < -0.3 is 0 Å². The van der Waals surface area contributed by atoms with Gasteiger partial charge in [0.05, 0.1) is 16.1 Å². The predicted octanol–water partition coefficient (Wildman–Crippen LogP) is 3.73. The van der Waals surface area contributed by atoms with Gasteiger partial charge in [-0.25, -0.2) is 0 Å². The number of hydrogen-bond acceptors (Lipinski definition) is 2. The molecule has 0 aliphatic carbocycles. The lowest BCUT2D eigenvalue weighted by molar-refractivity contribution is -0.171. The third kappa shape index (κ3) is 3.11. The zero-order valence-electron chi connectivity index (χ0n) is 8.05. The first kappa shape index (κ1) is 13.8. The average Bonchev–Trinajstić information content (AvgIpc) is 2.23. The van der Waals surface area contributed by atoms with E-state index in [1.54, 1.807) is 0 Å². The second-order valence-electron chi connectivity index (χ2n) is 3.10. The first-order valence-corrected chi connectivity index (χ1v) is 4.98. The van der Waals surface area contributed by atoms with E-state index in [-0.39, 0.29) is 15.6 Å². The van der Waals surface area contributed by atoms with Crippen LogP contribution in [0.1, 0.15) is 11.5 Å². The van der Waals surface area contributed by atoms with Gasteiger partial charge in [0.15, 0.2) is 0 Å². The molecule has 0 spiro atoms. The Kier molecular flexibility index (Phi) is 4.02. The van der Waals surface area contributed by atoms with Crippen molar-refractivity contribution < 1.29 is 18.0 Å². The lowest BCUT2D eigenvalue weighted by Gasteiger charge is -2.11. The summed E-state index contributed by atoms with van der Waals surface area (Å²) in [6.45, 7) is 0. The fourth-order valence-corrected chi connectivity index (χ4v) is 1.45. The highest BCUT2D eigenvalue weighted by atomic mass is 35.5. The lowest BCUT2D eigenvalue weighted by Crippen LogP contribution is -2.28. The molecule has 0 amide bonds. The van der Waals surface area contributed by atoms with E-state index in [2.05, 4.69) is 0 Å². The lowest BCUT2D eigenvalue weighted by atomic mass is 9.96. The monoisotopic (exact) mass is 281 g/mol. The molecule has 90 valence electrons. The van der Waals surface area contributed by atoms with Crippen molar-refractivity contribution in [3.8, 4) is 6.07 Å². The Bertz CT molecular complexity index is 493. The predicted molar refractivity (Wildman–Crippen MR) is 55.9 cm³/mol. The number of hydrogen-bond donors (Lipinski definition) is 0. The van der Waals surface area contributed by atoms with E-state index in [1.807, 2.05) is 0 Å². The molecule has 0 fully saturated rings. The van der Waals surface area contributed by atoms with Crippen LogP contribution in [0.5, 0.6) is 0 Å². The fourth-order valence-electron chi connectivity index (χ4n) is 1.14. The summed E-state index contributed by atoms with van der Waals surface area (Å²) in [4.78, 5) is 11.0. The molecule has 17 heavy (non-hydrogen) atoms. The Labute approximate surface area is 105 Å². The number of Topliss-reactive ketones (excluding diaryl/α,β-unsaturated/α-hetero) is 1. The standard InChI is InChI=1S/C10H4Cl2F3NO/c11-7-2-1-5(3-8(7)12)6(4-16)9(17)10(13,14)15/h1-3,6H. The first-order valence-electron chi connectivity index (χ1n) is 4.23. The zero-order chi connectivity index (χ0) is 13.2. The fraction of sp³-hybridized carbons (Fsp3) is 0.200. The molecule has 2 nitrogen and oxygen atoms in total. The molecule has 1 atom stereocenters. The molecule has 0 N–H and O–H groups in total. The molecule has 0 saturated carbocycles. The van der Waals surface area contributed by atoms with Crippen molar-refractivity contribution in [3.05, 3.63) is 33.8 Å². The third-order valence-electron chi connectivity index (χ3n) is 1.95. The second kappa shape index (κ2) is 4.94. The van der Waals surface area contributed by atoms with E-state index < -0.39 is 17.9 Å². The molecule has 0 radical (unpaired) electrons. The van der Waals surface area contributed by atoms with Crippen molar-refractivity contribution in [1.29, 1.82) is 5.26 Å². The maximum absolute atomic E-state index is 12.2. The zero-order valence-corrected chi connectivity index (χ0v) is 9.57. The Hall–Kier alpha value is -1.25. The molecule has 1 unspecified atom stereocenters. The number of benzene rings is 1. The van der Waals surface area contributed by atoms with Gasteiger partial charge in [0.1, 0.15) is 5.92 Å². The summed E-state index contributed by atoms with van der Waals surface area (Å²) in [5.41, 5.74) is -0.135. The Balaban J connectivity index is 3.16. The molecule has 0 aromatic heterocycles. The van der Waals surface area contributed by atoms with Crippen molar-refractivity contribution in [3.63, 3.8) is 0 Å². The molecule has 7 heteroatoms. The van der Waals surface area contributed by atoms with E-state index in [1.165, 1.54) is 12.1 Å². The second-order valence-corrected chi connectivity index (χ2v) is 3.91. The van der Waals surface area contributed by atoms with Crippen LogP contribution in [0.3, 0.4) is 0 Å². The summed E-state index contributed by atoms with van der Waals surface area (Å²) in [6, 6.07) is 4.76. The van der Waals surface area contributed by atoms with Crippen molar-refractivity contribution in [2.45, 2.75) is 12.1 Å². The molecule has 1 rings (SSSR count). The molecule has 0 aliphatic heterocycles. The van der Waals surface area contributed by atoms with Crippen LogP contribution in [0, 0.1) is 11.3 Å². The highest BCUT2D eigenvalue weighted by Crippen LogP contribution is 2.31. The summed E-state index contributed by atoms with van der Waals surface area (Å²) in [6.07, 6.45) is -5.06. The van der Waals surface area contributed by atoms with Crippen LogP contribution in [0.2, 0.25) is 10.0 Å². The molecule has 0 saturated heterocycles. The maximum atomic E-state index is 12.2. The van der Waals surface area contributed by atoms with Gasteiger partial charge in [-0.3, -0.25) is 4.79 Å². The van der Waals surface area contributed by atoms with Gasteiger partial charge in [-0.2, -0.15) is 18.4 Å². The van der Waals surface area contributed by atoms with Gasteiger partial charge in [-0.1, -0.05) is 29.3 Å². The number of nitrogens with zero attached hydrogens (tertiary/aromatic N) is 1. The topological polar surface area (TPSA) is 40.9 Å². The van der Waals surface area contributed by atoms with Gasteiger partial charge in [0, 0.05) is 0 Å². The highest BCUT2D eigenvalue weighted by molar-refractivity contribution is 6.42. The van der Waals surface area contributed by atoms with Crippen LogP contribution < -0.4 is 0 Å². The average molecular weight is 282 g/mol. The molecular weight excluding hydrogens is 278 g/mol. The summed E-state index contributed by atoms with van der Waals surface area (Å²) in [7, 11) is 0. The molecule has 1 aromatic carbocycles. The quantitative estimate of drug-likeness (QED) is 0.829. The third-order valence-corrected chi connectivity index (χ3v) is 2.69. The van der Waals surface area contributed by atoms with Gasteiger partial charge in [0.2, 0.25) is 0 Å². The van der Waals surface area contributed by atoms with Crippen molar-refractivity contribution in [2.24, 2.45) is 0 Å². The Morgan fingerprint density at radius 2 is 1.88 bits per heavy atom. The highest BCUT2D eigenvalue weighted by Gasteiger charge is 2.44. The van der Waals surface area contributed by atoms with E-state index in [0.29, 0.717) is 0 Å². The Morgan fingerprint density at radius 3 is 2.29 bits per heavy atom. The van der Waals surface area contributed by atoms with Crippen LogP contribution in [-0.4, -0.2) is 12.0 Å². The summed E-state index contributed by atoms with van der Waals surface area (Å²) >= 11 is 11.2. The summed E-state index contributed by atoms with van der Waals surface area (Å²) < 4.78 is 36.6. The van der Waals surface area contributed by atoms with Crippen molar-refractivity contribution >= 4 is 29.0 Å². The number of nitriles is 1.